The number of hydrogen-bond acceptors (Lipinski definition) is 3. The average Bonchev–Trinajstić information content (AvgIpc) is 2.49. The third kappa shape index (κ3) is 5.59. The molecule has 0 spiro atoms. The van der Waals surface area contributed by atoms with E-state index in [1.807, 2.05) is 6.92 Å². The van der Waals surface area contributed by atoms with E-state index in [1.165, 1.54) is 38.6 Å². The van der Waals surface area contributed by atoms with Gasteiger partial charge in [-0.2, -0.15) is 0 Å². The molecule has 1 saturated carbocycles. The van der Waals surface area contributed by atoms with Crippen LogP contribution in [0.1, 0.15) is 51.9 Å². The van der Waals surface area contributed by atoms with Crippen LogP contribution >= 0.6 is 0 Å². The molecular weight excluding hydrogens is 264 g/mol. The van der Waals surface area contributed by atoms with Crippen LogP contribution in [0.5, 0.6) is 0 Å². The van der Waals surface area contributed by atoms with Crippen molar-refractivity contribution in [2.45, 2.75) is 57.9 Å². The van der Waals surface area contributed by atoms with Gasteiger partial charge in [-0.05, 0) is 51.6 Å². The van der Waals surface area contributed by atoms with Crippen LogP contribution in [0.4, 0.5) is 0 Å². The Hall–Kier alpha value is -0.610. The predicted molar refractivity (Wildman–Crippen MR) is 85.2 cm³/mol. The third-order valence-electron chi connectivity index (χ3n) is 5.00. The zero-order valence-electron chi connectivity index (χ0n) is 13.8. The first kappa shape index (κ1) is 16.8. The van der Waals surface area contributed by atoms with E-state index in [9.17, 15) is 4.79 Å². The van der Waals surface area contributed by atoms with Crippen molar-refractivity contribution in [2.24, 2.45) is 11.8 Å². The molecule has 1 aliphatic carbocycles. The summed E-state index contributed by atoms with van der Waals surface area (Å²) >= 11 is 0. The first-order valence-electron chi connectivity index (χ1n) is 8.70. The maximum Gasteiger partial charge on any atom is 0.223 e. The highest BCUT2D eigenvalue weighted by atomic mass is 16.5. The molecule has 0 unspecified atom stereocenters. The Bertz CT molecular complexity index is 308. The number of nitrogens with zero attached hydrogens (tertiary/aromatic N) is 1. The number of amides is 1. The van der Waals surface area contributed by atoms with E-state index in [4.69, 9.17) is 4.74 Å². The molecule has 1 saturated heterocycles. The van der Waals surface area contributed by atoms with Gasteiger partial charge in [0.25, 0.3) is 0 Å². The second kappa shape index (κ2) is 8.74. The summed E-state index contributed by atoms with van der Waals surface area (Å²) < 4.78 is 5.07. The summed E-state index contributed by atoms with van der Waals surface area (Å²) in [5.41, 5.74) is 0. The molecule has 1 atom stereocenters. The highest BCUT2D eigenvalue weighted by Crippen LogP contribution is 2.26. The Morgan fingerprint density at radius 3 is 2.48 bits per heavy atom. The summed E-state index contributed by atoms with van der Waals surface area (Å²) in [6.45, 7) is 6.03. The number of piperidine rings is 1. The van der Waals surface area contributed by atoms with Gasteiger partial charge in [0.1, 0.15) is 0 Å². The Morgan fingerprint density at radius 2 is 1.86 bits per heavy atom. The number of carbonyl (C=O) groups is 1. The quantitative estimate of drug-likeness (QED) is 0.818. The molecule has 0 aromatic carbocycles. The maximum absolute atomic E-state index is 12.2. The normalized spacial score (nSPS) is 23.9. The van der Waals surface area contributed by atoms with Crippen molar-refractivity contribution in [3.63, 3.8) is 0 Å². The highest BCUT2D eigenvalue weighted by Gasteiger charge is 2.27. The molecule has 122 valence electrons. The number of ether oxygens (including phenoxy) is 1. The molecule has 2 aliphatic rings. The van der Waals surface area contributed by atoms with Gasteiger partial charge in [-0.1, -0.05) is 19.3 Å². The lowest BCUT2D eigenvalue weighted by molar-refractivity contribution is -0.127. The van der Waals surface area contributed by atoms with Crippen molar-refractivity contribution in [1.82, 2.24) is 10.2 Å². The number of nitrogens with one attached hydrogen (secondary N) is 1. The molecule has 0 aromatic rings. The van der Waals surface area contributed by atoms with E-state index >= 15 is 0 Å². The van der Waals surface area contributed by atoms with Gasteiger partial charge in [-0.15, -0.1) is 0 Å². The van der Waals surface area contributed by atoms with Crippen LogP contribution in [0.3, 0.4) is 0 Å². The lowest BCUT2D eigenvalue weighted by atomic mass is 9.88. The second-order valence-electron chi connectivity index (χ2n) is 6.94. The Morgan fingerprint density at radius 1 is 1.19 bits per heavy atom. The minimum absolute atomic E-state index is 0.114. The number of carbonyl (C=O) groups excluding carboxylic acids is 1. The van der Waals surface area contributed by atoms with Crippen LogP contribution in [0.25, 0.3) is 0 Å². The maximum atomic E-state index is 12.2. The van der Waals surface area contributed by atoms with E-state index < -0.39 is 0 Å². The van der Waals surface area contributed by atoms with Gasteiger partial charge in [0.2, 0.25) is 5.91 Å². The van der Waals surface area contributed by atoms with Gasteiger partial charge in [0.15, 0.2) is 0 Å². The van der Waals surface area contributed by atoms with Crippen molar-refractivity contribution in [3.05, 3.63) is 0 Å². The molecular formula is C17H32N2O2. The average molecular weight is 296 g/mol. The zero-order valence-corrected chi connectivity index (χ0v) is 13.8. The van der Waals surface area contributed by atoms with E-state index in [0.29, 0.717) is 6.61 Å². The van der Waals surface area contributed by atoms with Gasteiger partial charge >= 0.3 is 0 Å². The second-order valence-corrected chi connectivity index (χ2v) is 6.94. The molecule has 4 heteroatoms. The summed E-state index contributed by atoms with van der Waals surface area (Å²) in [6, 6.07) is 0.114. The van der Waals surface area contributed by atoms with Crippen molar-refractivity contribution < 1.29 is 9.53 Å². The molecule has 21 heavy (non-hydrogen) atoms. The monoisotopic (exact) mass is 296 g/mol. The first-order valence-corrected chi connectivity index (χ1v) is 8.70. The van der Waals surface area contributed by atoms with Crippen molar-refractivity contribution >= 4 is 5.91 Å². The lowest BCUT2D eigenvalue weighted by Gasteiger charge is -2.35. The Kier molecular flexibility index (Phi) is 6.97. The standard InChI is InChI=1S/C17H32N2O2/c1-14(13-21-2)18-17(20)16-8-10-19(11-9-16)12-15-6-4-3-5-7-15/h14-16H,3-13H2,1-2H3,(H,18,20)/t14-/m0/s1. The third-order valence-corrected chi connectivity index (χ3v) is 5.00. The minimum Gasteiger partial charge on any atom is -0.383 e. The van der Waals surface area contributed by atoms with E-state index in [1.54, 1.807) is 7.11 Å². The number of methoxy groups -OCH3 is 1. The molecule has 2 rings (SSSR count). The van der Waals surface area contributed by atoms with Gasteiger partial charge < -0.3 is 15.0 Å². The summed E-state index contributed by atoms with van der Waals surface area (Å²) in [5, 5.41) is 3.06. The van der Waals surface area contributed by atoms with Crippen molar-refractivity contribution in [1.29, 1.82) is 0 Å². The molecule has 2 fully saturated rings. The molecule has 4 nitrogen and oxygen atoms in total. The van der Waals surface area contributed by atoms with Gasteiger partial charge in [0.05, 0.1) is 6.61 Å². The predicted octanol–water partition coefficient (Wildman–Crippen LogP) is 2.43. The first-order chi connectivity index (χ1) is 10.2. The Labute approximate surface area is 129 Å². The smallest absolute Gasteiger partial charge is 0.223 e. The molecule has 0 radical (unpaired) electrons. The van der Waals surface area contributed by atoms with Crippen LogP contribution in [0, 0.1) is 11.8 Å². The van der Waals surface area contributed by atoms with Crippen LogP contribution in [0.2, 0.25) is 0 Å². The summed E-state index contributed by atoms with van der Waals surface area (Å²) in [6.07, 6.45) is 9.11. The molecule has 1 heterocycles. The zero-order chi connectivity index (χ0) is 15.1. The minimum atomic E-state index is 0.114. The van der Waals surface area contributed by atoms with Gasteiger partial charge in [0, 0.05) is 25.6 Å². The fourth-order valence-corrected chi connectivity index (χ4v) is 3.76. The van der Waals surface area contributed by atoms with Crippen molar-refractivity contribution in [3.8, 4) is 0 Å². The van der Waals surface area contributed by atoms with Crippen LogP contribution in [0.15, 0.2) is 0 Å². The summed E-state index contributed by atoms with van der Waals surface area (Å²) in [5.74, 6) is 1.33. The van der Waals surface area contributed by atoms with E-state index in [-0.39, 0.29) is 17.9 Å². The Balaban J connectivity index is 1.66. The van der Waals surface area contributed by atoms with Gasteiger partial charge in [-0.3, -0.25) is 4.79 Å². The van der Waals surface area contributed by atoms with E-state index in [0.717, 1.165) is 31.8 Å². The van der Waals surface area contributed by atoms with Crippen LogP contribution in [-0.4, -0.2) is 50.2 Å². The number of rotatable bonds is 6. The summed E-state index contributed by atoms with van der Waals surface area (Å²) in [4.78, 5) is 14.8. The lowest BCUT2D eigenvalue weighted by Crippen LogP contribution is -2.45. The summed E-state index contributed by atoms with van der Waals surface area (Å²) in [7, 11) is 1.67. The fourth-order valence-electron chi connectivity index (χ4n) is 3.76. The van der Waals surface area contributed by atoms with E-state index in [2.05, 4.69) is 10.2 Å². The largest absolute Gasteiger partial charge is 0.383 e. The molecule has 1 amide bonds. The van der Waals surface area contributed by atoms with Gasteiger partial charge in [-0.25, -0.2) is 0 Å². The molecule has 1 aliphatic heterocycles. The fraction of sp³-hybridized carbons (Fsp3) is 0.941. The number of hydrogen-bond donors (Lipinski definition) is 1. The SMILES string of the molecule is COC[C@H](C)NC(=O)C1CCN(CC2CCCCC2)CC1. The molecule has 1 N–H and O–H groups in total. The molecule has 0 bridgehead atoms. The van der Waals surface area contributed by atoms with Crippen molar-refractivity contribution in [2.75, 3.05) is 33.4 Å². The number of likely N-dealkylation sites (tertiary alicyclic amines) is 1. The van der Waals surface area contributed by atoms with Crippen LogP contribution in [-0.2, 0) is 9.53 Å². The van der Waals surface area contributed by atoms with Crippen LogP contribution < -0.4 is 5.32 Å². The topological polar surface area (TPSA) is 41.6 Å². The highest BCUT2D eigenvalue weighted by molar-refractivity contribution is 5.79. The molecule has 0 aromatic heterocycles.